The van der Waals surface area contributed by atoms with E-state index in [1.807, 2.05) is 12.1 Å². The minimum atomic E-state index is -0.0262. The Bertz CT molecular complexity index is 859. The number of fused-ring (bicyclic) bond motifs is 1. The zero-order valence-corrected chi connectivity index (χ0v) is 17.9. The van der Waals surface area contributed by atoms with Crippen LogP contribution in [0.1, 0.15) is 22.3 Å². The molecule has 3 rings (SSSR count). The first-order valence-corrected chi connectivity index (χ1v) is 10.0. The normalized spacial score (nSPS) is 13.3. The number of carbonyl (C=O) groups is 1. The van der Waals surface area contributed by atoms with Gasteiger partial charge in [0.2, 0.25) is 0 Å². The summed E-state index contributed by atoms with van der Waals surface area (Å²) < 4.78 is 16.3. The van der Waals surface area contributed by atoms with Gasteiger partial charge in [0.05, 0.1) is 19.8 Å². The second-order valence-corrected chi connectivity index (χ2v) is 7.52. The second kappa shape index (κ2) is 9.85. The summed E-state index contributed by atoms with van der Waals surface area (Å²) in [5.41, 5.74) is 1.73. The van der Waals surface area contributed by atoms with Crippen molar-refractivity contribution in [3.8, 4) is 17.2 Å². The van der Waals surface area contributed by atoms with E-state index in [1.165, 1.54) is 5.56 Å². The molecule has 2 aromatic carbocycles. The van der Waals surface area contributed by atoms with Crippen LogP contribution in [0, 0.1) is 0 Å². The van der Waals surface area contributed by atoms with Crippen LogP contribution in [-0.4, -0.2) is 63.3 Å². The molecule has 0 aliphatic carbocycles. The van der Waals surface area contributed by atoms with Crippen molar-refractivity contribution in [2.24, 2.45) is 0 Å². The van der Waals surface area contributed by atoms with Gasteiger partial charge in [-0.05, 0) is 62.3 Å². The molecule has 0 atom stereocenters. The summed E-state index contributed by atoms with van der Waals surface area (Å²) in [5, 5.41) is 0.539. The molecule has 0 radical (unpaired) electrons. The Morgan fingerprint density at radius 1 is 1.10 bits per heavy atom. The largest absolute Gasteiger partial charge is 0.493 e. The molecule has 0 saturated carbocycles. The van der Waals surface area contributed by atoms with E-state index < -0.39 is 0 Å². The maximum atomic E-state index is 12.6. The summed E-state index contributed by atoms with van der Waals surface area (Å²) >= 11 is 6.01. The standard InChI is InChI=1S/C22H27ClN2O4/c1-24(12-9-16-5-7-20(27-2)21(13-16)28-3)10-4-11-25-15-29-19-8-6-17(23)14-18(19)22(25)26/h5-8,13-14H,4,9-12,15H2,1-3H3. The Labute approximate surface area is 176 Å². The Morgan fingerprint density at radius 3 is 2.66 bits per heavy atom. The molecule has 0 unspecified atom stereocenters. The summed E-state index contributed by atoms with van der Waals surface area (Å²) in [5.74, 6) is 2.06. The van der Waals surface area contributed by atoms with E-state index in [4.69, 9.17) is 25.8 Å². The van der Waals surface area contributed by atoms with E-state index in [2.05, 4.69) is 18.0 Å². The number of nitrogens with zero attached hydrogens (tertiary/aromatic N) is 2. The fourth-order valence-electron chi connectivity index (χ4n) is 3.34. The van der Waals surface area contributed by atoms with Crippen LogP contribution in [-0.2, 0) is 6.42 Å². The number of rotatable bonds is 9. The lowest BCUT2D eigenvalue weighted by Gasteiger charge is -2.29. The molecule has 0 N–H and O–H groups in total. The van der Waals surface area contributed by atoms with Gasteiger partial charge >= 0.3 is 0 Å². The van der Waals surface area contributed by atoms with Crippen LogP contribution in [0.5, 0.6) is 17.2 Å². The molecule has 0 bridgehead atoms. The van der Waals surface area contributed by atoms with Crippen molar-refractivity contribution in [3.05, 3.63) is 52.5 Å². The van der Waals surface area contributed by atoms with Crippen LogP contribution in [0.25, 0.3) is 0 Å². The minimum Gasteiger partial charge on any atom is -0.493 e. The molecule has 6 nitrogen and oxygen atoms in total. The van der Waals surface area contributed by atoms with Crippen molar-refractivity contribution >= 4 is 17.5 Å². The number of amides is 1. The Morgan fingerprint density at radius 2 is 1.90 bits per heavy atom. The van der Waals surface area contributed by atoms with E-state index in [-0.39, 0.29) is 12.6 Å². The third-order valence-corrected chi connectivity index (χ3v) is 5.27. The Balaban J connectivity index is 1.44. The van der Waals surface area contributed by atoms with Gasteiger partial charge in [-0.3, -0.25) is 4.79 Å². The molecule has 1 aliphatic rings. The van der Waals surface area contributed by atoms with Gasteiger partial charge < -0.3 is 24.0 Å². The molecule has 2 aromatic rings. The van der Waals surface area contributed by atoms with Crippen LogP contribution >= 0.6 is 11.6 Å². The number of methoxy groups -OCH3 is 2. The lowest BCUT2D eigenvalue weighted by atomic mass is 10.1. The summed E-state index contributed by atoms with van der Waals surface area (Å²) in [4.78, 5) is 16.6. The SMILES string of the molecule is COc1ccc(CCN(C)CCCN2COc3ccc(Cl)cc3C2=O)cc1OC. The van der Waals surface area contributed by atoms with Gasteiger partial charge in [-0.1, -0.05) is 17.7 Å². The van der Waals surface area contributed by atoms with Crippen LogP contribution < -0.4 is 14.2 Å². The van der Waals surface area contributed by atoms with E-state index >= 15 is 0 Å². The zero-order valence-electron chi connectivity index (χ0n) is 17.1. The van der Waals surface area contributed by atoms with Crippen LogP contribution in [0.2, 0.25) is 5.02 Å². The first kappa shape index (κ1) is 21.3. The van der Waals surface area contributed by atoms with Crippen LogP contribution in [0.15, 0.2) is 36.4 Å². The molecule has 0 saturated heterocycles. The number of carbonyl (C=O) groups excluding carboxylic acids is 1. The van der Waals surface area contributed by atoms with E-state index in [0.29, 0.717) is 22.9 Å². The minimum absolute atomic E-state index is 0.0262. The Hall–Kier alpha value is -2.44. The van der Waals surface area contributed by atoms with Crippen LogP contribution in [0.3, 0.4) is 0 Å². The molecule has 29 heavy (non-hydrogen) atoms. The van der Waals surface area contributed by atoms with Gasteiger partial charge in [0.1, 0.15) is 5.75 Å². The average Bonchev–Trinajstić information content (AvgIpc) is 2.74. The van der Waals surface area contributed by atoms with Crippen molar-refractivity contribution in [2.45, 2.75) is 12.8 Å². The van der Waals surface area contributed by atoms with E-state index in [9.17, 15) is 4.79 Å². The van der Waals surface area contributed by atoms with Crippen molar-refractivity contribution in [3.63, 3.8) is 0 Å². The number of ether oxygens (including phenoxy) is 3. The van der Waals surface area contributed by atoms with Gasteiger partial charge in [-0.2, -0.15) is 0 Å². The monoisotopic (exact) mass is 418 g/mol. The van der Waals surface area contributed by atoms with Gasteiger partial charge in [0, 0.05) is 18.1 Å². The average molecular weight is 419 g/mol. The topological polar surface area (TPSA) is 51.2 Å². The molecule has 1 amide bonds. The first-order valence-electron chi connectivity index (χ1n) is 9.63. The maximum Gasteiger partial charge on any atom is 0.260 e. The van der Waals surface area contributed by atoms with Crippen molar-refractivity contribution < 1.29 is 19.0 Å². The number of hydrogen-bond donors (Lipinski definition) is 0. The second-order valence-electron chi connectivity index (χ2n) is 7.08. The number of likely N-dealkylation sites (N-methyl/N-ethyl adjacent to an activating group) is 1. The highest BCUT2D eigenvalue weighted by Crippen LogP contribution is 2.28. The van der Waals surface area contributed by atoms with Gasteiger partial charge in [-0.25, -0.2) is 0 Å². The third-order valence-electron chi connectivity index (χ3n) is 5.03. The molecule has 0 fully saturated rings. The lowest BCUT2D eigenvalue weighted by molar-refractivity contribution is 0.0512. The summed E-state index contributed by atoms with van der Waals surface area (Å²) in [6.07, 6.45) is 1.78. The molecular formula is C22H27ClN2O4. The predicted octanol–water partition coefficient (Wildman–Crippen LogP) is 3.71. The zero-order chi connectivity index (χ0) is 20.8. The quantitative estimate of drug-likeness (QED) is 0.621. The Kier molecular flexibility index (Phi) is 7.23. The highest BCUT2D eigenvalue weighted by Gasteiger charge is 2.25. The molecular weight excluding hydrogens is 392 g/mol. The molecule has 1 aliphatic heterocycles. The van der Waals surface area contributed by atoms with Gasteiger partial charge in [-0.15, -0.1) is 0 Å². The first-order chi connectivity index (χ1) is 14.0. The van der Waals surface area contributed by atoms with E-state index in [1.54, 1.807) is 37.3 Å². The summed E-state index contributed by atoms with van der Waals surface area (Å²) in [6, 6.07) is 11.1. The van der Waals surface area contributed by atoms with Gasteiger partial charge in [0.25, 0.3) is 5.91 Å². The molecule has 1 heterocycles. The highest BCUT2D eigenvalue weighted by molar-refractivity contribution is 6.31. The summed E-state index contributed by atoms with van der Waals surface area (Å²) in [6.45, 7) is 2.73. The van der Waals surface area contributed by atoms with Gasteiger partial charge in [0.15, 0.2) is 18.2 Å². The maximum absolute atomic E-state index is 12.6. The lowest BCUT2D eigenvalue weighted by Crippen LogP contribution is -2.40. The van der Waals surface area contributed by atoms with E-state index in [0.717, 1.165) is 37.4 Å². The van der Waals surface area contributed by atoms with Crippen molar-refractivity contribution in [1.29, 1.82) is 0 Å². The fourth-order valence-corrected chi connectivity index (χ4v) is 3.51. The smallest absolute Gasteiger partial charge is 0.260 e. The number of benzene rings is 2. The van der Waals surface area contributed by atoms with Crippen LogP contribution in [0.4, 0.5) is 0 Å². The van der Waals surface area contributed by atoms with Crippen molar-refractivity contribution in [2.75, 3.05) is 47.6 Å². The fraction of sp³-hybridized carbons (Fsp3) is 0.409. The molecule has 0 aromatic heterocycles. The summed E-state index contributed by atoms with van der Waals surface area (Å²) in [7, 11) is 5.37. The number of halogens is 1. The molecule has 7 heteroatoms. The highest BCUT2D eigenvalue weighted by atomic mass is 35.5. The molecule has 156 valence electrons. The molecule has 0 spiro atoms. The third kappa shape index (κ3) is 5.34. The predicted molar refractivity (Wildman–Crippen MR) is 113 cm³/mol. The van der Waals surface area contributed by atoms with Crippen molar-refractivity contribution in [1.82, 2.24) is 9.80 Å². The number of hydrogen-bond acceptors (Lipinski definition) is 5.